The number of ether oxygens (including phenoxy) is 1. The summed E-state index contributed by atoms with van der Waals surface area (Å²) >= 11 is 12.0. The van der Waals surface area contributed by atoms with E-state index in [1.807, 2.05) is 30.5 Å². The van der Waals surface area contributed by atoms with Crippen LogP contribution in [0.2, 0.25) is 10.0 Å². The number of halogens is 2. The Kier molecular flexibility index (Phi) is 4.34. The Hall–Kier alpha value is -2.50. The molecule has 7 heteroatoms. The lowest BCUT2D eigenvalue weighted by Crippen LogP contribution is -2.31. The smallest absolute Gasteiger partial charge is 0.417 e. The lowest BCUT2D eigenvalue weighted by atomic mass is 10.1. The summed E-state index contributed by atoms with van der Waals surface area (Å²) in [5, 5.41) is 1.90. The average Bonchev–Trinajstić information content (AvgIpc) is 3.11. The lowest BCUT2D eigenvalue weighted by Gasteiger charge is -2.12. The van der Waals surface area contributed by atoms with E-state index in [-0.39, 0.29) is 12.5 Å². The zero-order chi connectivity index (χ0) is 18.3. The molecule has 1 atom stereocenters. The highest BCUT2D eigenvalue weighted by Gasteiger charge is 2.40. The van der Waals surface area contributed by atoms with Crippen molar-refractivity contribution in [3.8, 4) is 0 Å². The molecule has 0 aliphatic carbocycles. The number of rotatable bonds is 4. The molecule has 1 aliphatic heterocycles. The van der Waals surface area contributed by atoms with Crippen molar-refractivity contribution >= 4 is 46.1 Å². The topological polar surface area (TPSA) is 62.4 Å². The van der Waals surface area contributed by atoms with Gasteiger partial charge in [0.2, 0.25) is 0 Å². The van der Waals surface area contributed by atoms with Gasteiger partial charge in [0.05, 0.1) is 6.54 Å². The van der Waals surface area contributed by atoms with Gasteiger partial charge in [-0.25, -0.2) is 9.69 Å². The fraction of sp³-hybridized carbons (Fsp3) is 0.158. The molecule has 1 fully saturated rings. The molecule has 0 bridgehead atoms. The van der Waals surface area contributed by atoms with Gasteiger partial charge in [0.1, 0.15) is 0 Å². The molecule has 132 valence electrons. The number of hydrogen-bond donors (Lipinski definition) is 1. The number of aromatic nitrogens is 1. The van der Waals surface area contributed by atoms with Gasteiger partial charge in [0.25, 0.3) is 5.91 Å². The SMILES string of the molecule is O=C1OC(Cc2c[nH]c3ccccc23)C(=O)N1Cc1cc(Cl)cc(Cl)c1. The number of carbonyl (C=O) groups excluding carboxylic acids is 2. The Balaban J connectivity index is 1.53. The Morgan fingerprint density at radius 1 is 1.08 bits per heavy atom. The van der Waals surface area contributed by atoms with Crippen molar-refractivity contribution in [1.29, 1.82) is 0 Å². The van der Waals surface area contributed by atoms with Crippen molar-refractivity contribution in [2.75, 3.05) is 0 Å². The van der Waals surface area contributed by atoms with Crippen molar-refractivity contribution in [2.24, 2.45) is 0 Å². The fourth-order valence-corrected chi connectivity index (χ4v) is 3.73. The largest absolute Gasteiger partial charge is 0.435 e. The Morgan fingerprint density at radius 2 is 1.81 bits per heavy atom. The lowest BCUT2D eigenvalue weighted by molar-refractivity contribution is -0.130. The number of cyclic esters (lactones) is 1. The maximum atomic E-state index is 12.7. The molecule has 26 heavy (non-hydrogen) atoms. The number of nitrogens with one attached hydrogen (secondary N) is 1. The van der Waals surface area contributed by atoms with Crippen LogP contribution >= 0.6 is 23.2 Å². The van der Waals surface area contributed by atoms with Gasteiger partial charge in [-0.3, -0.25) is 4.79 Å². The Bertz CT molecular complexity index is 995. The molecule has 3 aromatic rings. The summed E-state index contributed by atoms with van der Waals surface area (Å²) < 4.78 is 5.30. The van der Waals surface area contributed by atoms with E-state index in [0.29, 0.717) is 22.0 Å². The summed E-state index contributed by atoms with van der Waals surface area (Å²) in [7, 11) is 0. The highest BCUT2D eigenvalue weighted by Crippen LogP contribution is 2.26. The molecule has 2 amide bonds. The zero-order valence-electron chi connectivity index (χ0n) is 13.5. The van der Waals surface area contributed by atoms with Crippen LogP contribution in [0.4, 0.5) is 4.79 Å². The van der Waals surface area contributed by atoms with Gasteiger partial charge in [-0.05, 0) is 35.4 Å². The third-order valence-electron chi connectivity index (χ3n) is 4.35. The van der Waals surface area contributed by atoms with E-state index in [4.69, 9.17) is 27.9 Å². The quantitative estimate of drug-likeness (QED) is 0.711. The second-order valence-electron chi connectivity index (χ2n) is 6.14. The molecule has 1 unspecified atom stereocenters. The Labute approximate surface area is 159 Å². The summed E-state index contributed by atoms with van der Waals surface area (Å²) in [6, 6.07) is 12.7. The van der Waals surface area contributed by atoms with E-state index in [9.17, 15) is 9.59 Å². The molecule has 0 spiro atoms. The monoisotopic (exact) mass is 388 g/mol. The molecule has 2 aromatic carbocycles. The van der Waals surface area contributed by atoms with Crippen molar-refractivity contribution in [3.05, 3.63) is 69.8 Å². The molecule has 1 aromatic heterocycles. The van der Waals surface area contributed by atoms with Gasteiger partial charge < -0.3 is 9.72 Å². The second kappa shape index (κ2) is 6.67. The fourth-order valence-electron chi connectivity index (χ4n) is 3.16. The number of nitrogens with zero attached hydrogens (tertiary/aromatic N) is 1. The van der Waals surface area contributed by atoms with Crippen molar-refractivity contribution in [3.63, 3.8) is 0 Å². The highest BCUT2D eigenvalue weighted by molar-refractivity contribution is 6.34. The maximum absolute atomic E-state index is 12.7. The molecule has 0 saturated carbocycles. The van der Waals surface area contributed by atoms with Gasteiger partial charge in [0.15, 0.2) is 6.10 Å². The molecule has 1 N–H and O–H groups in total. The minimum atomic E-state index is -0.837. The van der Waals surface area contributed by atoms with Crippen LogP contribution in [-0.2, 0) is 22.5 Å². The van der Waals surface area contributed by atoms with Gasteiger partial charge in [0, 0.05) is 33.6 Å². The third-order valence-corrected chi connectivity index (χ3v) is 4.78. The van der Waals surface area contributed by atoms with E-state index < -0.39 is 12.2 Å². The third kappa shape index (κ3) is 3.16. The first kappa shape index (κ1) is 16.9. The number of fused-ring (bicyclic) bond motifs is 1. The predicted octanol–water partition coefficient (Wildman–Crippen LogP) is 4.56. The number of imide groups is 1. The molecular weight excluding hydrogens is 375 g/mol. The van der Waals surface area contributed by atoms with E-state index in [1.165, 1.54) is 0 Å². The van der Waals surface area contributed by atoms with E-state index in [2.05, 4.69) is 4.98 Å². The van der Waals surface area contributed by atoms with Crippen LogP contribution in [0, 0.1) is 0 Å². The number of aromatic amines is 1. The average molecular weight is 389 g/mol. The summed E-state index contributed by atoms with van der Waals surface area (Å²) in [5.41, 5.74) is 2.57. The predicted molar refractivity (Wildman–Crippen MR) is 99.3 cm³/mol. The van der Waals surface area contributed by atoms with Crippen LogP contribution in [0.1, 0.15) is 11.1 Å². The highest BCUT2D eigenvalue weighted by atomic mass is 35.5. The summed E-state index contributed by atoms with van der Waals surface area (Å²) in [6.07, 6.45) is 0.666. The minimum Gasteiger partial charge on any atom is -0.435 e. The summed E-state index contributed by atoms with van der Waals surface area (Å²) in [6.45, 7) is 0.0718. The molecule has 5 nitrogen and oxygen atoms in total. The number of H-pyrrole nitrogens is 1. The van der Waals surface area contributed by atoms with Crippen LogP contribution in [0.3, 0.4) is 0 Å². The first-order valence-electron chi connectivity index (χ1n) is 8.03. The first-order valence-corrected chi connectivity index (χ1v) is 8.79. The van der Waals surface area contributed by atoms with Crippen LogP contribution in [0.25, 0.3) is 10.9 Å². The normalized spacial score (nSPS) is 17.2. The zero-order valence-corrected chi connectivity index (χ0v) is 15.1. The van der Waals surface area contributed by atoms with E-state index >= 15 is 0 Å². The van der Waals surface area contributed by atoms with Gasteiger partial charge in [-0.1, -0.05) is 41.4 Å². The van der Waals surface area contributed by atoms with E-state index in [1.54, 1.807) is 18.2 Å². The number of carbonyl (C=O) groups is 2. The van der Waals surface area contributed by atoms with Crippen LogP contribution in [0.5, 0.6) is 0 Å². The minimum absolute atomic E-state index is 0.0718. The van der Waals surface area contributed by atoms with Gasteiger partial charge in [-0.2, -0.15) is 0 Å². The standard InChI is InChI=1S/C19H14Cl2N2O3/c20-13-5-11(6-14(21)8-13)10-23-18(24)17(26-19(23)25)7-12-9-22-16-4-2-1-3-15(12)16/h1-6,8-9,17,22H,7,10H2. The number of hydrogen-bond acceptors (Lipinski definition) is 3. The van der Waals surface area contributed by atoms with Crippen molar-refractivity contribution in [2.45, 2.75) is 19.1 Å². The number of para-hydroxylation sites is 1. The first-order chi connectivity index (χ1) is 12.5. The van der Waals surface area contributed by atoms with Gasteiger partial charge in [-0.15, -0.1) is 0 Å². The summed E-state index contributed by atoms with van der Waals surface area (Å²) in [5.74, 6) is -0.364. The molecular formula is C19H14Cl2N2O3. The summed E-state index contributed by atoms with van der Waals surface area (Å²) in [4.78, 5) is 29.1. The Morgan fingerprint density at radius 3 is 2.58 bits per heavy atom. The van der Waals surface area contributed by atoms with Crippen LogP contribution in [0.15, 0.2) is 48.7 Å². The second-order valence-corrected chi connectivity index (χ2v) is 7.01. The maximum Gasteiger partial charge on any atom is 0.417 e. The van der Waals surface area contributed by atoms with Crippen molar-refractivity contribution < 1.29 is 14.3 Å². The van der Waals surface area contributed by atoms with E-state index in [0.717, 1.165) is 21.4 Å². The molecule has 0 radical (unpaired) electrons. The van der Waals surface area contributed by atoms with Crippen LogP contribution in [-0.4, -0.2) is 28.0 Å². The molecule has 4 rings (SSSR count). The number of amides is 2. The van der Waals surface area contributed by atoms with Gasteiger partial charge >= 0.3 is 6.09 Å². The molecule has 1 saturated heterocycles. The van der Waals surface area contributed by atoms with Crippen molar-refractivity contribution in [1.82, 2.24) is 9.88 Å². The number of benzene rings is 2. The molecule has 1 aliphatic rings. The van der Waals surface area contributed by atoms with Crippen LogP contribution < -0.4 is 0 Å². The molecule has 2 heterocycles.